The lowest BCUT2D eigenvalue weighted by Gasteiger charge is -2.26. The topological polar surface area (TPSA) is 49.4 Å². The highest BCUT2D eigenvalue weighted by Gasteiger charge is 2.38. The lowest BCUT2D eigenvalue weighted by atomic mass is 9.93. The van der Waals surface area contributed by atoms with Crippen LogP contribution < -0.4 is 5.32 Å². The summed E-state index contributed by atoms with van der Waals surface area (Å²) in [6.45, 7) is 0. The smallest absolute Gasteiger partial charge is 0.246 e. The molecule has 1 aliphatic heterocycles. The molecule has 2 amide bonds. The zero-order chi connectivity index (χ0) is 13.6. The van der Waals surface area contributed by atoms with E-state index in [1.54, 1.807) is 18.4 Å². The Bertz CT molecular complexity index is 543. The molecule has 19 heavy (non-hydrogen) atoms. The average Bonchev–Trinajstić information content (AvgIpc) is 2.86. The minimum atomic E-state index is -0.355. The van der Waals surface area contributed by atoms with Crippen molar-refractivity contribution in [3.63, 3.8) is 0 Å². The molecule has 2 unspecified atom stereocenters. The van der Waals surface area contributed by atoms with Crippen LogP contribution in [0.5, 0.6) is 0 Å². The van der Waals surface area contributed by atoms with Gasteiger partial charge in [0.1, 0.15) is 0 Å². The Kier molecular flexibility index (Phi) is 3.49. The monoisotopic (exact) mass is 342 g/mol. The van der Waals surface area contributed by atoms with Gasteiger partial charge in [-0.1, -0.05) is 0 Å². The van der Waals surface area contributed by atoms with Gasteiger partial charge in [-0.15, -0.1) is 11.3 Å². The highest BCUT2D eigenvalue weighted by atomic mass is 79.9. The molecule has 0 saturated carbocycles. The highest BCUT2D eigenvalue weighted by Crippen LogP contribution is 2.38. The second kappa shape index (κ2) is 5.00. The number of hydrogen-bond donors (Lipinski definition) is 1. The molecule has 1 N–H and O–H groups in total. The van der Waals surface area contributed by atoms with Crippen molar-refractivity contribution in [2.45, 2.75) is 37.8 Å². The van der Waals surface area contributed by atoms with Crippen molar-refractivity contribution in [1.82, 2.24) is 10.2 Å². The summed E-state index contributed by atoms with van der Waals surface area (Å²) in [5.74, 6) is -0.198. The number of aryl methyl sites for hydroxylation is 1. The van der Waals surface area contributed by atoms with Crippen molar-refractivity contribution in [2.24, 2.45) is 0 Å². The largest absolute Gasteiger partial charge is 0.298 e. The first kappa shape index (κ1) is 13.3. The molecule has 1 aromatic heterocycles. The number of fused-ring (bicyclic) bond motifs is 1. The number of likely N-dealkylation sites (tertiary alicyclic amines) is 1. The van der Waals surface area contributed by atoms with Gasteiger partial charge < -0.3 is 0 Å². The van der Waals surface area contributed by atoms with Gasteiger partial charge in [0.05, 0.1) is 16.2 Å². The number of likely N-dealkylation sites (N-methyl/N-ethyl adjacent to an activating group) is 1. The molecule has 0 spiro atoms. The van der Waals surface area contributed by atoms with E-state index < -0.39 is 0 Å². The van der Waals surface area contributed by atoms with Gasteiger partial charge in [-0.05, 0) is 46.8 Å². The summed E-state index contributed by atoms with van der Waals surface area (Å²) in [5.41, 5.74) is 1.29. The third-order valence-corrected chi connectivity index (χ3v) is 5.58. The van der Waals surface area contributed by atoms with Gasteiger partial charge >= 0.3 is 0 Å². The van der Waals surface area contributed by atoms with Crippen LogP contribution in [0.4, 0.5) is 0 Å². The van der Waals surface area contributed by atoms with Gasteiger partial charge in [0, 0.05) is 18.0 Å². The molecule has 3 rings (SSSR count). The molecule has 1 aromatic rings. The summed E-state index contributed by atoms with van der Waals surface area (Å²) in [7, 11) is 1.56. The number of nitrogens with zero attached hydrogens (tertiary/aromatic N) is 1. The first-order valence-corrected chi connectivity index (χ1v) is 8.02. The van der Waals surface area contributed by atoms with E-state index in [0.29, 0.717) is 0 Å². The van der Waals surface area contributed by atoms with Crippen LogP contribution in [0.3, 0.4) is 0 Å². The number of imide groups is 1. The van der Waals surface area contributed by atoms with E-state index in [1.165, 1.54) is 15.3 Å². The molecule has 1 fully saturated rings. The van der Waals surface area contributed by atoms with Crippen LogP contribution in [0.25, 0.3) is 0 Å². The Labute approximate surface area is 124 Å². The van der Waals surface area contributed by atoms with Crippen molar-refractivity contribution >= 4 is 39.1 Å². The summed E-state index contributed by atoms with van der Waals surface area (Å²) in [6.07, 6.45) is 3.55. The van der Waals surface area contributed by atoms with Gasteiger partial charge in [-0.3, -0.25) is 19.8 Å². The molecular formula is C13H15BrN2O2S. The van der Waals surface area contributed by atoms with Crippen molar-refractivity contribution in [3.05, 3.63) is 20.3 Å². The SMILES string of the molecule is CN1C(=O)CC(NC2CCCc3sc(Br)cc32)C1=O. The van der Waals surface area contributed by atoms with Crippen LogP contribution in [0.2, 0.25) is 0 Å². The third-order valence-electron chi connectivity index (χ3n) is 3.87. The molecule has 2 aliphatic rings. The number of carbonyl (C=O) groups excluding carboxylic acids is 2. The van der Waals surface area contributed by atoms with Crippen LogP contribution in [-0.4, -0.2) is 29.8 Å². The van der Waals surface area contributed by atoms with Crippen LogP contribution in [0.1, 0.15) is 35.7 Å². The van der Waals surface area contributed by atoms with Crippen molar-refractivity contribution in [2.75, 3.05) is 7.05 Å². The predicted molar refractivity (Wildman–Crippen MR) is 77.0 cm³/mol. The van der Waals surface area contributed by atoms with E-state index in [9.17, 15) is 9.59 Å². The van der Waals surface area contributed by atoms with Gasteiger partial charge in [0.15, 0.2) is 0 Å². The summed E-state index contributed by atoms with van der Waals surface area (Å²) in [5, 5.41) is 3.37. The normalized spacial score (nSPS) is 26.9. The number of rotatable bonds is 2. The zero-order valence-corrected chi connectivity index (χ0v) is 13.0. The minimum absolute atomic E-state index is 0.0926. The summed E-state index contributed by atoms with van der Waals surface area (Å²) in [6, 6.07) is 1.98. The number of carbonyl (C=O) groups is 2. The van der Waals surface area contributed by atoms with Gasteiger partial charge in [0.2, 0.25) is 11.8 Å². The fraction of sp³-hybridized carbons (Fsp3) is 0.538. The van der Waals surface area contributed by atoms with Gasteiger partial charge in [0.25, 0.3) is 0 Å². The van der Waals surface area contributed by atoms with Gasteiger partial charge in [-0.2, -0.15) is 0 Å². The van der Waals surface area contributed by atoms with Crippen molar-refractivity contribution in [3.8, 4) is 0 Å². The van der Waals surface area contributed by atoms with Crippen LogP contribution in [0, 0.1) is 0 Å². The molecule has 2 heterocycles. The molecule has 0 bridgehead atoms. The van der Waals surface area contributed by atoms with E-state index in [4.69, 9.17) is 0 Å². The second-order valence-corrected chi connectivity index (χ2v) is 7.60. The Morgan fingerprint density at radius 1 is 1.42 bits per heavy atom. The molecule has 2 atom stereocenters. The molecular weight excluding hydrogens is 328 g/mol. The maximum Gasteiger partial charge on any atom is 0.246 e. The lowest BCUT2D eigenvalue weighted by molar-refractivity contribution is -0.137. The number of nitrogens with one attached hydrogen (secondary N) is 1. The first-order valence-electron chi connectivity index (χ1n) is 6.41. The van der Waals surface area contributed by atoms with Crippen molar-refractivity contribution in [1.29, 1.82) is 0 Å². The summed E-state index contributed by atoms with van der Waals surface area (Å²) >= 11 is 5.29. The highest BCUT2D eigenvalue weighted by molar-refractivity contribution is 9.11. The molecule has 1 aliphatic carbocycles. The van der Waals surface area contributed by atoms with E-state index in [-0.39, 0.29) is 30.3 Å². The van der Waals surface area contributed by atoms with Crippen LogP contribution in [0.15, 0.2) is 9.85 Å². The standard InChI is InChI=1S/C13H15BrN2O2S/c1-16-12(17)6-9(13(16)18)15-8-3-2-4-10-7(8)5-11(14)19-10/h5,8-9,15H,2-4,6H2,1H3. The van der Waals surface area contributed by atoms with E-state index in [2.05, 4.69) is 27.3 Å². The Balaban J connectivity index is 1.78. The summed E-state index contributed by atoms with van der Waals surface area (Å²) in [4.78, 5) is 26.1. The molecule has 102 valence electrons. The van der Waals surface area contributed by atoms with Gasteiger partial charge in [-0.25, -0.2) is 0 Å². The predicted octanol–water partition coefficient (Wildman–Crippen LogP) is 2.23. The second-order valence-electron chi connectivity index (χ2n) is 5.09. The number of halogens is 1. The van der Waals surface area contributed by atoms with Crippen LogP contribution in [-0.2, 0) is 16.0 Å². The Hall–Kier alpha value is -0.720. The van der Waals surface area contributed by atoms with E-state index in [0.717, 1.165) is 23.0 Å². The number of amides is 2. The molecule has 6 heteroatoms. The molecule has 0 radical (unpaired) electrons. The first-order chi connectivity index (χ1) is 9.06. The Morgan fingerprint density at radius 3 is 2.89 bits per heavy atom. The molecule has 0 aromatic carbocycles. The van der Waals surface area contributed by atoms with E-state index in [1.807, 2.05) is 0 Å². The quantitative estimate of drug-likeness (QED) is 0.838. The van der Waals surface area contributed by atoms with E-state index >= 15 is 0 Å². The summed E-state index contributed by atoms with van der Waals surface area (Å²) < 4.78 is 1.14. The lowest BCUT2D eigenvalue weighted by Crippen LogP contribution is -2.40. The zero-order valence-electron chi connectivity index (χ0n) is 10.6. The third kappa shape index (κ3) is 2.37. The minimum Gasteiger partial charge on any atom is -0.298 e. The van der Waals surface area contributed by atoms with Crippen molar-refractivity contribution < 1.29 is 9.59 Å². The van der Waals surface area contributed by atoms with Crippen LogP contribution >= 0.6 is 27.3 Å². The molecule has 4 nitrogen and oxygen atoms in total. The average molecular weight is 343 g/mol. The fourth-order valence-electron chi connectivity index (χ4n) is 2.82. The Morgan fingerprint density at radius 2 is 2.21 bits per heavy atom. The number of thiophene rings is 1. The molecule has 1 saturated heterocycles. The maximum atomic E-state index is 11.9. The number of hydrogen-bond acceptors (Lipinski definition) is 4. The maximum absolute atomic E-state index is 11.9. The fourth-order valence-corrected chi connectivity index (χ4v) is 4.64.